The van der Waals surface area contributed by atoms with E-state index in [4.69, 9.17) is 5.73 Å². The highest BCUT2D eigenvalue weighted by Gasteiger charge is 2.17. The zero-order valence-corrected chi connectivity index (χ0v) is 9.45. The second-order valence-corrected chi connectivity index (χ2v) is 4.59. The van der Waals surface area contributed by atoms with Gasteiger partial charge in [0.1, 0.15) is 5.82 Å². The highest BCUT2D eigenvalue weighted by atomic mass is 15.1. The maximum absolute atomic E-state index is 5.71. The summed E-state index contributed by atoms with van der Waals surface area (Å²) in [4.78, 5) is 4.35. The zero-order valence-electron chi connectivity index (χ0n) is 9.45. The minimum atomic E-state index is 0.156. The summed E-state index contributed by atoms with van der Waals surface area (Å²) < 4.78 is 2.22. The summed E-state index contributed by atoms with van der Waals surface area (Å²) in [6.07, 6.45) is 6.10. The van der Waals surface area contributed by atoms with E-state index in [1.165, 1.54) is 5.82 Å². The fraction of sp³-hybridized carbons (Fsp3) is 0.727. The monoisotopic (exact) mass is 195 g/mol. The fourth-order valence-corrected chi connectivity index (χ4v) is 1.46. The van der Waals surface area contributed by atoms with Crippen molar-refractivity contribution in [3.05, 3.63) is 18.2 Å². The lowest BCUT2D eigenvalue weighted by Crippen LogP contribution is -2.29. The molecular weight excluding hydrogens is 174 g/mol. The lowest BCUT2D eigenvalue weighted by Gasteiger charge is -2.23. The number of hydrogen-bond donors (Lipinski definition) is 1. The van der Waals surface area contributed by atoms with Crippen molar-refractivity contribution < 1.29 is 0 Å². The van der Waals surface area contributed by atoms with Crippen LogP contribution in [0.25, 0.3) is 0 Å². The van der Waals surface area contributed by atoms with Crippen LogP contribution in [-0.4, -0.2) is 16.1 Å². The molecule has 0 spiro atoms. The molecular formula is C11H21N3. The molecule has 0 saturated heterocycles. The number of imidazole rings is 1. The summed E-state index contributed by atoms with van der Waals surface area (Å²) in [7, 11) is 0. The third kappa shape index (κ3) is 2.84. The number of nitrogens with zero attached hydrogens (tertiary/aromatic N) is 2. The Morgan fingerprint density at radius 3 is 2.79 bits per heavy atom. The van der Waals surface area contributed by atoms with E-state index in [2.05, 4.69) is 30.3 Å². The van der Waals surface area contributed by atoms with Gasteiger partial charge in [0.25, 0.3) is 0 Å². The van der Waals surface area contributed by atoms with Crippen LogP contribution in [0.15, 0.2) is 12.4 Å². The minimum absolute atomic E-state index is 0.156. The van der Waals surface area contributed by atoms with Crippen LogP contribution in [0.4, 0.5) is 0 Å². The van der Waals surface area contributed by atoms with Crippen molar-refractivity contribution in [1.82, 2.24) is 9.55 Å². The molecule has 1 aromatic heterocycles. The quantitative estimate of drug-likeness (QED) is 0.779. The van der Waals surface area contributed by atoms with Crippen LogP contribution in [0.1, 0.15) is 33.0 Å². The Morgan fingerprint density at radius 2 is 2.21 bits per heavy atom. The lowest BCUT2D eigenvalue weighted by molar-refractivity contribution is 0.312. The maximum atomic E-state index is 5.71. The van der Waals surface area contributed by atoms with E-state index < -0.39 is 0 Å². The lowest BCUT2D eigenvalue weighted by atomic mass is 9.94. The van der Waals surface area contributed by atoms with Gasteiger partial charge in [0, 0.05) is 25.4 Å². The van der Waals surface area contributed by atoms with Crippen molar-refractivity contribution in [2.75, 3.05) is 6.54 Å². The molecule has 0 saturated carbocycles. The molecule has 0 aliphatic rings. The Bertz CT molecular complexity index is 276. The third-order valence-corrected chi connectivity index (χ3v) is 2.43. The molecule has 0 fully saturated rings. The van der Waals surface area contributed by atoms with E-state index >= 15 is 0 Å². The molecule has 2 N–H and O–H groups in total. The summed E-state index contributed by atoms with van der Waals surface area (Å²) in [6, 6.07) is 0. The van der Waals surface area contributed by atoms with Crippen LogP contribution in [0.3, 0.4) is 0 Å². The topological polar surface area (TPSA) is 43.8 Å². The van der Waals surface area contributed by atoms with Crippen LogP contribution in [0.5, 0.6) is 0 Å². The summed E-state index contributed by atoms with van der Waals surface area (Å²) >= 11 is 0. The SMILES string of the molecule is CCCc1nccn1CC(C)(C)CN. The summed E-state index contributed by atoms with van der Waals surface area (Å²) in [5, 5.41) is 0. The van der Waals surface area contributed by atoms with Crippen molar-refractivity contribution in [3.63, 3.8) is 0 Å². The smallest absolute Gasteiger partial charge is 0.108 e. The summed E-state index contributed by atoms with van der Waals surface area (Å²) in [6.45, 7) is 8.20. The van der Waals surface area contributed by atoms with E-state index in [0.717, 1.165) is 19.4 Å². The van der Waals surface area contributed by atoms with Gasteiger partial charge in [0.15, 0.2) is 0 Å². The van der Waals surface area contributed by atoms with Gasteiger partial charge in [-0.2, -0.15) is 0 Å². The first-order valence-corrected chi connectivity index (χ1v) is 5.29. The molecule has 0 aliphatic heterocycles. The Hall–Kier alpha value is -0.830. The second-order valence-electron chi connectivity index (χ2n) is 4.59. The van der Waals surface area contributed by atoms with Gasteiger partial charge in [-0.3, -0.25) is 0 Å². The highest BCUT2D eigenvalue weighted by molar-refractivity contribution is 4.93. The molecule has 3 nitrogen and oxygen atoms in total. The van der Waals surface area contributed by atoms with E-state index in [9.17, 15) is 0 Å². The Kier molecular flexibility index (Phi) is 3.69. The molecule has 0 atom stereocenters. The molecule has 1 rings (SSSR count). The average molecular weight is 195 g/mol. The van der Waals surface area contributed by atoms with Crippen molar-refractivity contribution in [3.8, 4) is 0 Å². The molecule has 80 valence electrons. The van der Waals surface area contributed by atoms with Crippen LogP contribution in [0.2, 0.25) is 0 Å². The van der Waals surface area contributed by atoms with Gasteiger partial charge in [-0.05, 0) is 18.4 Å². The minimum Gasteiger partial charge on any atom is -0.334 e. The molecule has 0 aromatic carbocycles. The largest absolute Gasteiger partial charge is 0.334 e. The molecule has 1 heterocycles. The summed E-state index contributed by atoms with van der Waals surface area (Å²) in [5.74, 6) is 1.18. The van der Waals surface area contributed by atoms with E-state index in [-0.39, 0.29) is 5.41 Å². The van der Waals surface area contributed by atoms with Gasteiger partial charge < -0.3 is 10.3 Å². The number of aryl methyl sites for hydroxylation is 1. The third-order valence-electron chi connectivity index (χ3n) is 2.43. The van der Waals surface area contributed by atoms with Crippen molar-refractivity contribution in [2.45, 2.75) is 40.2 Å². The highest BCUT2D eigenvalue weighted by Crippen LogP contribution is 2.17. The van der Waals surface area contributed by atoms with Gasteiger partial charge in [0.2, 0.25) is 0 Å². The number of rotatable bonds is 5. The molecule has 14 heavy (non-hydrogen) atoms. The number of aromatic nitrogens is 2. The number of nitrogens with two attached hydrogens (primary N) is 1. The standard InChI is InChI=1S/C11H21N3/c1-4-5-10-13-6-7-14(10)9-11(2,3)8-12/h6-7H,4-5,8-9,12H2,1-3H3. The molecule has 3 heteroatoms. The Morgan fingerprint density at radius 1 is 1.50 bits per heavy atom. The molecule has 0 bridgehead atoms. The van der Waals surface area contributed by atoms with Crippen molar-refractivity contribution >= 4 is 0 Å². The van der Waals surface area contributed by atoms with Gasteiger partial charge in [-0.1, -0.05) is 20.8 Å². The molecule has 0 radical (unpaired) electrons. The predicted molar refractivity (Wildman–Crippen MR) is 59.1 cm³/mol. The van der Waals surface area contributed by atoms with Crippen molar-refractivity contribution in [2.24, 2.45) is 11.1 Å². The first-order chi connectivity index (χ1) is 6.59. The Balaban J connectivity index is 2.70. The van der Waals surface area contributed by atoms with Gasteiger partial charge >= 0.3 is 0 Å². The van der Waals surface area contributed by atoms with E-state index in [1.54, 1.807) is 0 Å². The number of hydrogen-bond acceptors (Lipinski definition) is 2. The van der Waals surface area contributed by atoms with Gasteiger partial charge in [0.05, 0.1) is 0 Å². The van der Waals surface area contributed by atoms with Crippen LogP contribution in [-0.2, 0) is 13.0 Å². The predicted octanol–water partition coefficient (Wildman–Crippen LogP) is 1.82. The van der Waals surface area contributed by atoms with Gasteiger partial charge in [-0.15, -0.1) is 0 Å². The molecule has 0 unspecified atom stereocenters. The van der Waals surface area contributed by atoms with E-state index in [1.807, 2.05) is 12.4 Å². The fourth-order valence-electron chi connectivity index (χ4n) is 1.46. The molecule has 1 aromatic rings. The second kappa shape index (κ2) is 4.60. The van der Waals surface area contributed by atoms with Crippen LogP contribution < -0.4 is 5.73 Å². The normalized spacial score (nSPS) is 12.0. The van der Waals surface area contributed by atoms with E-state index in [0.29, 0.717) is 6.54 Å². The first kappa shape index (κ1) is 11.2. The summed E-state index contributed by atoms with van der Waals surface area (Å²) in [5.41, 5.74) is 5.87. The van der Waals surface area contributed by atoms with Crippen LogP contribution >= 0.6 is 0 Å². The molecule has 0 amide bonds. The van der Waals surface area contributed by atoms with Gasteiger partial charge in [-0.25, -0.2) is 4.98 Å². The Labute approximate surface area is 86.3 Å². The first-order valence-electron chi connectivity index (χ1n) is 5.29. The van der Waals surface area contributed by atoms with Crippen LogP contribution in [0, 0.1) is 5.41 Å². The maximum Gasteiger partial charge on any atom is 0.108 e. The van der Waals surface area contributed by atoms with Crippen molar-refractivity contribution in [1.29, 1.82) is 0 Å². The average Bonchev–Trinajstić information content (AvgIpc) is 2.53. The molecule has 0 aliphatic carbocycles. The zero-order chi connectivity index (χ0) is 10.6.